The summed E-state index contributed by atoms with van der Waals surface area (Å²) in [6, 6.07) is 10.2. The van der Waals surface area contributed by atoms with Crippen LogP contribution in [0.2, 0.25) is 0 Å². The zero-order chi connectivity index (χ0) is 17.8. The van der Waals surface area contributed by atoms with Crippen molar-refractivity contribution in [2.45, 2.75) is 31.1 Å². The van der Waals surface area contributed by atoms with Gasteiger partial charge in [0.2, 0.25) is 0 Å². The second-order valence-corrected chi connectivity index (χ2v) is 7.85. The van der Waals surface area contributed by atoms with Gasteiger partial charge < -0.3 is 20.1 Å². The fraction of sp³-hybridized carbons (Fsp3) is 0.632. The molecule has 1 heterocycles. The molecular weight excluding hydrogens is 334 g/mol. The number of ether oxygens (including phenoxy) is 2. The third-order valence-corrected chi connectivity index (χ3v) is 5.76. The molecule has 1 saturated heterocycles. The van der Waals surface area contributed by atoms with E-state index in [4.69, 9.17) is 9.47 Å². The summed E-state index contributed by atoms with van der Waals surface area (Å²) < 4.78 is 11.5. The number of aliphatic imine (C=N–C) groups is 1. The summed E-state index contributed by atoms with van der Waals surface area (Å²) in [5.74, 6) is 1.96. The molecule has 1 aromatic carbocycles. The number of hydrogen-bond donors (Lipinski definition) is 2. The second kappa shape index (κ2) is 11.4. The van der Waals surface area contributed by atoms with Crippen molar-refractivity contribution in [2.75, 3.05) is 45.7 Å². The molecule has 5 nitrogen and oxygen atoms in total. The Balaban J connectivity index is 1.66. The highest BCUT2D eigenvalue weighted by molar-refractivity contribution is 8.00. The molecule has 0 aromatic heterocycles. The van der Waals surface area contributed by atoms with E-state index in [0.717, 1.165) is 50.9 Å². The van der Waals surface area contributed by atoms with E-state index in [1.807, 2.05) is 37.0 Å². The summed E-state index contributed by atoms with van der Waals surface area (Å²) in [4.78, 5) is 4.32. The topological polar surface area (TPSA) is 54.9 Å². The Morgan fingerprint density at radius 2 is 2.00 bits per heavy atom. The molecular formula is C19H31N3O2S. The highest BCUT2D eigenvalue weighted by atomic mass is 32.2. The van der Waals surface area contributed by atoms with Crippen LogP contribution in [0.15, 0.2) is 35.3 Å². The summed E-state index contributed by atoms with van der Waals surface area (Å²) >= 11 is 2.03. The maximum atomic E-state index is 5.70. The van der Waals surface area contributed by atoms with Crippen LogP contribution in [-0.4, -0.2) is 56.4 Å². The molecule has 0 saturated carbocycles. The van der Waals surface area contributed by atoms with Gasteiger partial charge in [-0.3, -0.25) is 4.99 Å². The first-order valence-corrected chi connectivity index (χ1v) is 10.0. The molecule has 1 fully saturated rings. The van der Waals surface area contributed by atoms with Gasteiger partial charge in [-0.1, -0.05) is 37.3 Å². The molecule has 0 atom stereocenters. The van der Waals surface area contributed by atoms with E-state index < -0.39 is 0 Å². The van der Waals surface area contributed by atoms with Crippen LogP contribution < -0.4 is 10.6 Å². The number of guanidine groups is 1. The van der Waals surface area contributed by atoms with Gasteiger partial charge in [-0.2, -0.15) is 11.8 Å². The number of thioether (sulfide) groups is 1. The summed E-state index contributed by atoms with van der Waals surface area (Å²) in [5.41, 5.74) is 1.20. The second-order valence-electron chi connectivity index (χ2n) is 6.12. The Kier molecular flexibility index (Phi) is 9.15. The highest BCUT2D eigenvalue weighted by Gasteiger charge is 2.32. The molecule has 1 aliphatic heterocycles. The number of benzene rings is 1. The van der Waals surface area contributed by atoms with Gasteiger partial charge in [0.1, 0.15) is 0 Å². The summed E-state index contributed by atoms with van der Waals surface area (Å²) in [5, 5.41) is 6.81. The van der Waals surface area contributed by atoms with Crippen molar-refractivity contribution in [2.24, 2.45) is 4.99 Å². The standard InChI is InChI=1S/C19H31N3O2S/c1-3-25-19(9-12-23-13-10-19)16-22-18(20-2)21-11-14-24-15-17-7-5-4-6-8-17/h4-8H,3,9-16H2,1-2H3,(H2,20,21,22). The Morgan fingerprint density at radius 1 is 1.24 bits per heavy atom. The average molecular weight is 366 g/mol. The summed E-state index contributed by atoms with van der Waals surface area (Å²) in [6.45, 7) is 6.88. The molecule has 0 aliphatic carbocycles. The summed E-state index contributed by atoms with van der Waals surface area (Å²) in [6.07, 6.45) is 2.19. The minimum atomic E-state index is 0.258. The van der Waals surface area contributed by atoms with Crippen molar-refractivity contribution in [1.29, 1.82) is 0 Å². The predicted molar refractivity (Wildman–Crippen MR) is 106 cm³/mol. The number of hydrogen-bond acceptors (Lipinski definition) is 4. The Morgan fingerprint density at radius 3 is 2.68 bits per heavy atom. The smallest absolute Gasteiger partial charge is 0.191 e. The van der Waals surface area contributed by atoms with E-state index in [1.165, 1.54) is 5.56 Å². The molecule has 0 amide bonds. The predicted octanol–water partition coefficient (Wildman–Crippen LogP) is 2.67. The quantitative estimate of drug-likeness (QED) is 0.400. The van der Waals surface area contributed by atoms with Crippen LogP contribution in [0, 0.1) is 0 Å². The van der Waals surface area contributed by atoms with Gasteiger partial charge >= 0.3 is 0 Å². The lowest BCUT2D eigenvalue weighted by Gasteiger charge is -2.37. The first kappa shape index (κ1) is 20.1. The Bertz CT molecular complexity index is 499. The van der Waals surface area contributed by atoms with Crippen LogP contribution in [0.5, 0.6) is 0 Å². The molecule has 2 N–H and O–H groups in total. The van der Waals surface area contributed by atoms with E-state index in [-0.39, 0.29) is 4.75 Å². The normalized spacial score (nSPS) is 17.3. The zero-order valence-electron chi connectivity index (χ0n) is 15.4. The lowest BCUT2D eigenvalue weighted by atomic mass is 9.99. The van der Waals surface area contributed by atoms with E-state index in [2.05, 4.69) is 34.7 Å². The zero-order valence-corrected chi connectivity index (χ0v) is 16.2. The first-order valence-electron chi connectivity index (χ1n) is 9.06. The molecule has 2 rings (SSSR count). The van der Waals surface area contributed by atoms with Gasteiger partial charge in [0, 0.05) is 38.1 Å². The fourth-order valence-electron chi connectivity index (χ4n) is 2.89. The molecule has 1 aliphatic rings. The van der Waals surface area contributed by atoms with Crippen molar-refractivity contribution < 1.29 is 9.47 Å². The largest absolute Gasteiger partial charge is 0.381 e. The lowest BCUT2D eigenvalue weighted by Crippen LogP contribution is -2.48. The number of nitrogens with one attached hydrogen (secondary N) is 2. The van der Waals surface area contributed by atoms with Crippen molar-refractivity contribution >= 4 is 17.7 Å². The Labute approximate surface area is 156 Å². The highest BCUT2D eigenvalue weighted by Crippen LogP contribution is 2.34. The van der Waals surface area contributed by atoms with Crippen LogP contribution in [-0.2, 0) is 16.1 Å². The first-order chi connectivity index (χ1) is 12.3. The van der Waals surface area contributed by atoms with Crippen molar-refractivity contribution in [3.8, 4) is 0 Å². The number of nitrogens with zero attached hydrogens (tertiary/aromatic N) is 1. The molecule has 1 aromatic rings. The van der Waals surface area contributed by atoms with E-state index >= 15 is 0 Å². The molecule has 25 heavy (non-hydrogen) atoms. The summed E-state index contributed by atoms with van der Waals surface area (Å²) in [7, 11) is 1.81. The minimum Gasteiger partial charge on any atom is -0.381 e. The van der Waals surface area contributed by atoms with Crippen molar-refractivity contribution in [1.82, 2.24) is 10.6 Å². The number of rotatable bonds is 9. The van der Waals surface area contributed by atoms with Gasteiger partial charge in [0.25, 0.3) is 0 Å². The van der Waals surface area contributed by atoms with E-state index in [1.54, 1.807) is 0 Å². The maximum Gasteiger partial charge on any atom is 0.191 e. The third-order valence-electron chi connectivity index (χ3n) is 4.31. The van der Waals surface area contributed by atoms with Gasteiger partial charge in [-0.15, -0.1) is 0 Å². The SMILES string of the molecule is CCSC1(CNC(=NC)NCCOCc2ccccc2)CCOCC1. The van der Waals surface area contributed by atoms with Crippen molar-refractivity contribution in [3.63, 3.8) is 0 Å². The molecule has 0 spiro atoms. The van der Waals surface area contributed by atoms with E-state index in [0.29, 0.717) is 13.2 Å². The molecule has 140 valence electrons. The van der Waals surface area contributed by atoms with Crippen LogP contribution in [0.3, 0.4) is 0 Å². The fourth-order valence-corrected chi connectivity index (χ4v) is 4.13. The monoisotopic (exact) mass is 365 g/mol. The molecule has 0 radical (unpaired) electrons. The van der Waals surface area contributed by atoms with Gasteiger partial charge in [0.15, 0.2) is 5.96 Å². The molecule has 0 bridgehead atoms. The van der Waals surface area contributed by atoms with E-state index in [9.17, 15) is 0 Å². The van der Waals surface area contributed by atoms with Crippen LogP contribution in [0.25, 0.3) is 0 Å². The maximum absolute atomic E-state index is 5.70. The van der Waals surface area contributed by atoms with Gasteiger partial charge in [0.05, 0.1) is 13.2 Å². The average Bonchev–Trinajstić information content (AvgIpc) is 2.66. The molecule has 6 heteroatoms. The Hall–Kier alpha value is -1.24. The van der Waals surface area contributed by atoms with Crippen LogP contribution in [0.1, 0.15) is 25.3 Å². The third kappa shape index (κ3) is 7.26. The van der Waals surface area contributed by atoms with Crippen molar-refractivity contribution in [3.05, 3.63) is 35.9 Å². The molecule has 0 unspecified atom stereocenters. The van der Waals surface area contributed by atoms with Gasteiger partial charge in [-0.05, 0) is 24.2 Å². The van der Waals surface area contributed by atoms with Crippen LogP contribution in [0.4, 0.5) is 0 Å². The van der Waals surface area contributed by atoms with Gasteiger partial charge in [-0.25, -0.2) is 0 Å². The minimum absolute atomic E-state index is 0.258. The van der Waals surface area contributed by atoms with Crippen LogP contribution >= 0.6 is 11.8 Å². The lowest BCUT2D eigenvalue weighted by molar-refractivity contribution is 0.0782.